The van der Waals surface area contributed by atoms with Gasteiger partial charge >= 0.3 is 11.9 Å². The number of nitrogens with zero attached hydrogens (tertiary/aromatic N) is 1. The molecule has 0 spiro atoms. The minimum absolute atomic E-state index is 0.0154. The van der Waals surface area contributed by atoms with E-state index >= 15 is 0 Å². The molecule has 0 saturated heterocycles. The first kappa shape index (κ1) is 13.4. The van der Waals surface area contributed by atoms with Crippen LogP contribution in [0.25, 0.3) is 0 Å². The lowest BCUT2D eigenvalue weighted by atomic mass is 10.2. The Labute approximate surface area is 86.5 Å². The van der Waals surface area contributed by atoms with Crippen LogP contribution in [0.15, 0.2) is 0 Å². The Morgan fingerprint density at radius 2 is 1.80 bits per heavy atom. The summed E-state index contributed by atoms with van der Waals surface area (Å²) in [6.45, 7) is 0.0154. The van der Waals surface area contributed by atoms with E-state index in [1.807, 2.05) is 0 Å². The first-order chi connectivity index (χ1) is 6.84. The maximum absolute atomic E-state index is 11.3. The molecule has 0 aliphatic rings. The molecule has 0 aromatic rings. The molecule has 0 aromatic carbocycles. The highest BCUT2D eigenvalue weighted by atomic mass is 16.4. The van der Waals surface area contributed by atoms with Crippen molar-refractivity contribution in [3.8, 4) is 0 Å². The van der Waals surface area contributed by atoms with Crippen LogP contribution in [0.4, 0.5) is 0 Å². The van der Waals surface area contributed by atoms with Crippen molar-refractivity contribution in [2.45, 2.75) is 18.9 Å². The summed E-state index contributed by atoms with van der Waals surface area (Å²) in [4.78, 5) is 32.9. The summed E-state index contributed by atoms with van der Waals surface area (Å²) >= 11 is 0. The van der Waals surface area contributed by atoms with E-state index < -0.39 is 30.3 Å². The maximum atomic E-state index is 11.3. The van der Waals surface area contributed by atoms with Crippen molar-refractivity contribution in [3.05, 3.63) is 0 Å². The van der Waals surface area contributed by atoms with E-state index in [4.69, 9.17) is 15.9 Å². The van der Waals surface area contributed by atoms with Gasteiger partial charge in [0.1, 0.15) is 0 Å². The van der Waals surface area contributed by atoms with Gasteiger partial charge < -0.3 is 20.8 Å². The van der Waals surface area contributed by atoms with Crippen molar-refractivity contribution in [1.29, 1.82) is 0 Å². The minimum Gasteiger partial charge on any atom is -0.481 e. The van der Waals surface area contributed by atoms with E-state index in [0.717, 1.165) is 4.90 Å². The van der Waals surface area contributed by atoms with Crippen molar-refractivity contribution >= 4 is 17.8 Å². The SMILES string of the molecule is CN(CCC(=O)O)C(=O)C(N)CC(=O)O. The Hall–Kier alpha value is -1.63. The molecule has 0 saturated carbocycles. The molecule has 0 aromatic heterocycles. The summed E-state index contributed by atoms with van der Waals surface area (Å²) in [5.41, 5.74) is 5.31. The van der Waals surface area contributed by atoms with Crippen LogP contribution >= 0.6 is 0 Å². The molecule has 7 nitrogen and oxygen atoms in total. The van der Waals surface area contributed by atoms with Crippen LogP contribution in [-0.2, 0) is 14.4 Å². The van der Waals surface area contributed by atoms with Gasteiger partial charge in [-0.2, -0.15) is 0 Å². The predicted octanol–water partition coefficient (Wildman–Crippen LogP) is -1.28. The van der Waals surface area contributed by atoms with Gasteiger partial charge in [-0.05, 0) is 0 Å². The Balaban J connectivity index is 4.07. The molecule has 7 heteroatoms. The van der Waals surface area contributed by atoms with Crippen molar-refractivity contribution in [1.82, 2.24) is 4.90 Å². The lowest BCUT2D eigenvalue weighted by Crippen LogP contribution is -2.43. The molecule has 0 heterocycles. The highest BCUT2D eigenvalue weighted by Crippen LogP contribution is 1.96. The Morgan fingerprint density at radius 3 is 2.20 bits per heavy atom. The minimum atomic E-state index is -1.16. The Bertz CT molecular complexity index is 266. The smallest absolute Gasteiger partial charge is 0.305 e. The van der Waals surface area contributed by atoms with Crippen LogP contribution in [0.5, 0.6) is 0 Å². The van der Waals surface area contributed by atoms with Crippen LogP contribution in [0.2, 0.25) is 0 Å². The Kier molecular flexibility index (Phi) is 5.32. The average molecular weight is 218 g/mol. The van der Waals surface area contributed by atoms with Crippen LogP contribution in [0.3, 0.4) is 0 Å². The number of likely N-dealkylation sites (N-methyl/N-ethyl adjacent to an activating group) is 1. The van der Waals surface area contributed by atoms with E-state index in [2.05, 4.69) is 0 Å². The fourth-order valence-corrected chi connectivity index (χ4v) is 0.932. The zero-order valence-corrected chi connectivity index (χ0v) is 8.34. The first-order valence-electron chi connectivity index (χ1n) is 4.28. The molecule has 0 fully saturated rings. The van der Waals surface area contributed by atoms with Gasteiger partial charge in [-0.3, -0.25) is 14.4 Å². The molecule has 0 aliphatic carbocycles. The van der Waals surface area contributed by atoms with Crippen molar-refractivity contribution in [3.63, 3.8) is 0 Å². The normalized spacial score (nSPS) is 11.9. The number of carboxylic acids is 2. The van der Waals surface area contributed by atoms with Gasteiger partial charge in [0, 0.05) is 13.6 Å². The number of carbonyl (C=O) groups is 3. The summed E-state index contributed by atoms with van der Waals surface area (Å²) in [5.74, 6) is -2.76. The molecule has 0 radical (unpaired) electrons. The molecule has 4 N–H and O–H groups in total. The average Bonchev–Trinajstić information content (AvgIpc) is 2.11. The molecular weight excluding hydrogens is 204 g/mol. The summed E-state index contributed by atoms with van der Waals surface area (Å²) in [6.07, 6.45) is -0.654. The van der Waals surface area contributed by atoms with Gasteiger partial charge in [0.25, 0.3) is 0 Å². The van der Waals surface area contributed by atoms with Gasteiger partial charge in [-0.15, -0.1) is 0 Å². The third kappa shape index (κ3) is 5.63. The van der Waals surface area contributed by atoms with Gasteiger partial charge in [0.05, 0.1) is 18.9 Å². The van der Waals surface area contributed by atoms with Crippen LogP contribution in [0, 0.1) is 0 Å². The molecule has 1 amide bonds. The number of carboxylic acid groups (broad SMARTS) is 2. The number of amides is 1. The third-order valence-electron chi connectivity index (χ3n) is 1.75. The van der Waals surface area contributed by atoms with Gasteiger partial charge in [0.15, 0.2) is 0 Å². The zero-order valence-electron chi connectivity index (χ0n) is 8.34. The molecule has 86 valence electrons. The lowest BCUT2D eigenvalue weighted by Gasteiger charge is -2.19. The molecule has 15 heavy (non-hydrogen) atoms. The topological polar surface area (TPSA) is 121 Å². The lowest BCUT2D eigenvalue weighted by molar-refractivity contribution is -0.142. The summed E-state index contributed by atoms with van der Waals surface area (Å²) in [6, 6.07) is -1.12. The van der Waals surface area contributed by atoms with Crippen molar-refractivity contribution < 1.29 is 24.6 Å². The second kappa shape index (κ2) is 5.97. The highest BCUT2D eigenvalue weighted by Gasteiger charge is 2.20. The first-order valence-corrected chi connectivity index (χ1v) is 4.28. The standard InChI is InChI=1S/C8H14N2O5/c1-10(3-2-6(11)12)8(15)5(9)4-7(13)14/h5H,2-4,9H2,1H3,(H,11,12)(H,13,14). The number of hydrogen-bond donors (Lipinski definition) is 3. The fourth-order valence-electron chi connectivity index (χ4n) is 0.932. The van der Waals surface area contributed by atoms with Crippen LogP contribution in [-0.4, -0.2) is 52.6 Å². The zero-order chi connectivity index (χ0) is 12.0. The Morgan fingerprint density at radius 1 is 1.27 bits per heavy atom. The number of rotatable bonds is 6. The summed E-state index contributed by atoms with van der Waals surface area (Å²) in [5, 5.41) is 16.8. The predicted molar refractivity (Wildman–Crippen MR) is 50.1 cm³/mol. The van der Waals surface area contributed by atoms with Crippen LogP contribution < -0.4 is 5.73 Å². The second-order valence-electron chi connectivity index (χ2n) is 3.11. The van der Waals surface area contributed by atoms with E-state index in [0.29, 0.717) is 0 Å². The van der Waals surface area contributed by atoms with E-state index in [1.165, 1.54) is 7.05 Å². The second-order valence-corrected chi connectivity index (χ2v) is 3.11. The largest absolute Gasteiger partial charge is 0.481 e. The number of carbonyl (C=O) groups excluding carboxylic acids is 1. The highest BCUT2D eigenvalue weighted by molar-refractivity contribution is 5.86. The number of nitrogens with two attached hydrogens (primary N) is 1. The molecule has 0 rings (SSSR count). The number of aliphatic carboxylic acids is 2. The third-order valence-corrected chi connectivity index (χ3v) is 1.75. The van der Waals surface area contributed by atoms with Gasteiger partial charge in [-0.1, -0.05) is 0 Å². The van der Waals surface area contributed by atoms with Crippen molar-refractivity contribution in [2.75, 3.05) is 13.6 Å². The van der Waals surface area contributed by atoms with E-state index in [9.17, 15) is 14.4 Å². The molecule has 1 atom stereocenters. The molecule has 0 aliphatic heterocycles. The molecular formula is C8H14N2O5. The summed E-state index contributed by atoms with van der Waals surface area (Å²) < 4.78 is 0. The quantitative estimate of drug-likeness (QED) is 0.510. The monoisotopic (exact) mass is 218 g/mol. The van der Waals surface area contributed by atoms with Crippen molar-refractivity contribution in [2.24, 2.45) is 5.73 Å². The molecule has 1 unspecified atom stereocenters. The van der Waals surface area contributed by atoms with E-state index in [1.54, 1.807) is 0 Å². The summed E-state index contributed by atoms with van der Waals surface area (Å²) in [7, 11) is 1.38. The molecule has 0 bridgehead atoms. The fraction of sp³-hybridized carbons (Fsp3) is 0.625. The van der Waals surface area contributed by atoms with Gasteiger partial charge in [-0.25, -0.2) is 0 Å². The number of hydrogen-bond acceptors (Lipinski definition) is 4. The van der Waals surface area contributed by atoms with Gasteiger partial charge in [0.2, 0.25) is 5.91 Å². The van der Waals surface area contributed by atoms with E-state index in [-0.39, 0.29) is 13.0 Å². The van der Waals surface area contributed by atoms with Crippen LogP contribution in [0.1, 0.15) is 12.8 Å². The maximum Gasteiger partial charge on any atom is 0.305 e.